The molecule has 3 rings (SSSR count). The molecule has 0 saturated carbocycles. The number of amides is 1. The summed E-state index contributed by atoms with van der Waals surface area (Å²) in [6, 6.07) is 3.16. The molecule has 0 aromatic heterocycles. The second-order valence-electron chi connectivity index (χ2n) is 7.13. The number of benzene rings is 1. The number of phenolic OH excluding ortho intramolecular Hbond substituents is 2. The minimum absolute atomic E-state index is 0.0843. The van der Waals surface area contributed by atoms with Crippen molar-refractivity contribution in [2.24, 2.45) is 0 Å². The normalized spacial score (nSPS) is 23.9. The molecule has 1 aromatic rings. The molecule has 1 aromatic carbocycles. The van der Waals surface area contributed by atoms with Gasteiger partial charge in [0.2, 0.25) is 0 Å². The number of hydrogen-bond donors (Lipinski definition) is 2. The third-order valence-electron chi connectivity index (χ3n) is 4.31. The Hall–Kier alpha value is -1.95. The second-order valence-corrected chi connectivity index (χ2v) is 7.13. The average Bonchev–Trinajstić information content (AvgIpc) is 2.47. The molecule has 0 radical (unpaired) electrons. The van der Waals surface area contributed by atoms with Crippen molar-refractivity contribution in [2.75, 3.05) is 13.2 Å². The molecule has 2 atom stereocenters. The van der Waals surface area contributed by atoms with Crippen LogP contribution in [0.5, 0.6) is 11.5 Å². The molecule has 1 aliphatic carbocycles. The van der Waals surface area contributed by atoms with E-state index in [0.717, 1.165) is 5.56 Å². The highest BCUT2D eigenvalue weighted by atomic mass is 16.6. The average molecular weight is 321 g/mol. The lowest BCUT2D eigenvalue weighted by Crippen LogP contribution is -2.57. The molecule has 6 heteroatoms. The topological polar surface area (TPSA) is 79.2 Å². The second kappa shape index (κ2) is 5.60. The van der Waals surface area contributed by atoms with Crippen molar-refractivity contribution in [3.8, 4) is 11.5 Å². The van der Waals surface area contributed by atoms with Gasteiger partial charge in [-0.3, -0.25) is 4.90 Å². The summed E-state index contributed by atoms with van der Waals surface area (Å²) in [7, 11) is 0. The summed E-state index contributed by atoms with van der Waals surface area (Å²) in [5.41, 5.74) is 1.10. The van der Waals surface area contributed by atoms with Crippen molar-refractivity contribution in [1.82, 2.24) is 4.90 Å². The van der Waals surface area contributed by atoms with Crippen LogP contribution in [0, 0.1) is 0 Å². The summed E-state index contributed by atoms with van der Waals surface area (Å²) in [6.45, 7) is 6.48. The first-order valence-corrected chi connectivity index (χ1v) is 7.90. The maximum Gasteiger partial charge on any atom is 0.410 e. The van der Waals surface area contributed by atoms with Crippen LogP contribution < -0.4 is 0 Å². The van der Waals surface area contributed by atoms with E-state index < -0.39 is 5.60 Å². The number of carbonyl (C=O) groups is 1. The summed E-state index contributed by atoms with van der Waals surface area (Å²) < 4.78 is 11.3. The molecule has 0 spiro atoms. The lowest BCUT2D eigenvalue weighted by atomic mass is 9.84. The van der Waals surface area contributed by atoms with Crippen molar-refractivity contribution >= 4 is 6.09 Å². The first-order chi connectivity index (χ1) is 10.8. The van der Waals surface area contributed by atoms with E-state index in [1.807, 2.05) is 20.8 Å². The molecular weight excluding hydrogens is 298 g/mol. The zero-order valence-corrected chi connectivity index (χ0v) is 13.7. The number of morpholine rings is 1. The Morgan fingerprint density at radius 1 is 1.30 bits per heavy atom. The number of rotatable bonds is 0. The van der Waals surface area contributed by atoms with E-state index in [9.17, 15) is 15.0 Å². The Kier molecular flexibility index (Phi) is 3.88. The fourth-order valence-electron chi connectivity index (χ4n) is 3.28. The largest absolute Gasteiger partial charge is 0.504 e. The lowest BCUT2D eigenvalue weighted by molar-refractivity contribution is -0.0783. The van der Waals surface area contributed by atoms with Crippen LogP contribution in [-0.4, -0.2) is 52.1 Å². The van der Waals surface area contributed by atoms with Gasteiger partial charge in [0.25, 0.3) is 0 Å². The van der Waals surface area contributed by atoms with Crippen LogP contribution in [0.1, 0.15) is 31.9 Å². The highest BCUT2D eigenvalue weighted by molar-refractivity contribution is 5.69. The molecule has 2 N–H and O–H groups in total. The fourth-order valence-corrected chi connectivity index (χ4v) is 3.28. The number of carbonyl (C=O) groups excluding carboxylic acids is 1. The van der Waals surface area contributed by atoms with Crippen LogP contribution in [0.25, 0.3) is 0 Å². The highest BCUT2D eigenvalue weighted by Gasteiger charge is 2.41. The smallest absolute Gasteiger partial charge is 0.410 e. The van der Waals surface area contributed by atoms with Gasteiger partial charge < -0.3 is 19.7 Å². The summed E-state index contributed by atoms with van der Waals surface area (Å²) in [5.74, 6) is -0.207. The van der Waals surface area contributed by atoms with Gasteiger partial charge in [-0.25, -0.2) is 4.79 Å². The number of aromatic hydroxyl groups is 2. The quantitative estimate of drug-likeness (QED) is 0.716. The first kappa shape index (κ1) is 15.9. The van der Waals surface area contributed by atoms with E-state index in [4.69, 9.17) is 9.47 Å². The van der Waals surface area contributed by atoms with Gasteiger partial charge in [-0.1, -0.05) is 6.07 Å². The number of hydrogen-bond acceptors (Lipinski definition) is 5. The molecule has 1 heterocycles. The predicted octanol–water partition coefficient (Wildman–Crippen LogP) is 2.20. The minimum atomic E-state index is -0.540. The van der Waals surface area contributed by atoms with Crippen LogP contribution in [0.2, 0.25) is 0 Å². The Balaban J connectivity index is 1.85. The summed E-state index contributed by atoms with van der Waals surface area (Å²) in [4.78, 5) is 14.2. The number of fused-ring (bicyclic) bond motifs is 2. The van der Waals surface area contributed by atoms with Crippen LogP contribution in [0.15, 0.2) is 12.1 Å². The third kappa shape index (κ3) is 3.08. The van der Waals surface area contributed by atoms with Crippen LogP contribution in [0.3, 0.4) is 0 Å². The first-order valence-electron chi connectivity index (χ1n) is 7.90. The Labute approximate surface area is 135 Å². The SMILES string of the molecule is CC(C)(C)OC(=O)N1CCOC2Cc3c(ccc(O)c3O)CC21. The molecule has 2 unspecified atom stereocenters. The lowest BCUT2D eigenvalue weighted by Gasteiger charge is -2.44. The number of phenols is 2. The van der Waals surface area contributed by atoms with E-state index in [0.29, 0.717) is 31.6 Å². The molecule has 126 valence electrons. The van der Waals surface area contributed by atoms with Crippen molar-refractivity contribution in [1.29, 1.82) is 0 Å². The van der Waals surface area contributed by atoms with Crippen LogP contribution in [-0.2, 0) is 22.3 Å². The van der Waals surface area contributed by atoms with Crippen LogP contribution in [0.4, 0.5) is 4.79 Å². The molecule has 1 amide bonds. The molecule has 6 nitrogen and oxygen atoms in total. The zero-order valence-electron chi connectivity index (χ0n) is 13.7. The van der Waals surface area contributed by atoms with Gasteiger partial charge in [0.05, 0.1) is 18.8 Å². The number of ether oxygens (including phenoxy) is 2. The highest BCUT2D eigenvalue weighted by Crippen LogP contribution is 2.38. The summed E-state index contributed by atoms with van der Waals surface area (Å²) in [5, 5.41) is 19.7. The Morgan fingerprint density at radius 2 is 2.04 bits per heavy atom. The monoisotopic (exact) mass is 321 g/mol. The molecule has 0 bridgehead atoms. The summed E-state index contributed by atoms with van der Waals surface area (Å²) >= 11 is 0. The fraction of sp³-hybridized carbons (Fsp3) is 0.588. The number of nitrogens with zero attached hydrogens (tertiary/aromatic N) is 1. The maximum absolute atomic E-state index is 12.5. The predicted molar refractivity (Wildman–Crippen MR) is 83.6 cm³/mol. The van der Waals surface area contributed by atoms with Crippen molar-refractivity contribution in [3.05, 3.63) is 23.3 Å². The Morgan fingerprint density at radius 3 is 2.74 bits per heavy atom. The molecule has 1 fully saturated rings. The van der Waals surface area contributed by atoms with Gasteiger partial charge in [0.15, 0.2) is 11.5 Å². The van der Waals surface area contributed by atoms with Gasteiger partial charge in [0.1, 0.15) is 5.60 Å². The standard InChI is InChI=1S/C17H23NO5/c1-17(2,3)23-16(21)18-6-7-22-14-9-11-10(8-12(14)18)4-5-13(19)15(11)20/h4-5,12,14,19-20H,6-9H2,1-3H3. The molecule has 1 aliphatic heterocycles. The van der Waals surface area contributed by atoms with Gasteiger partial charge in [-0.2, -0.15) is 0 Å². The van der Waals surface area contributed by atoms with Crippen molar-refractivity contribution < 1.29 is 24.5 Å². The van der Waals surface area contributed by atoms with Gasteiger partial charge in [0, 0.05) is 18.5 Å². The third-order valence-corrected chi connectivity index (χ3v) is 4.31. The van der Waals surface area contributed by atoms with Crippen LogP contribution >= 0.6 is 0 Å². The van der Waals surface area contributed by atoms with E-state index in [2.05, 4.69) is 0 Å². The van der Waals surface area contributed by atoms with Gasteiger partial charge in [-0.15, -0.1) is 0 Å². The molecule has 23 heavy (non-hydrogen) atoms. The van der Waals surface area contributed by atoms with Gasteiger partial charge >= 0.3 is 6.09 Å². The van der Waals surface area contributed by atoms with Crippen molar-refractivity contribution in [3.63, 3.8) is 0 Å². The Bertz CT molecular complexity index is 622. The zero-order chi connectivity index (χ0) is 16.8. The van der Waals surface area contributed by atoms with E-state index >= 15 is 0 Å². The molecule has 1 saturated heterocycles. The van der Waals surface area contributed by atoms with Gasteiger partial charge in [-0.05, 0) is 38.8 Å². The van der Waals surface area contributed by atoms with E-state index in [1.54, 1.807) is 11.0 Å². The van der Waals surface area contributed by atoms with Crippen molar-refractivity contribution in [2.45, 2.75) is 51.4 Å². The molecule has 2 aliphatic rings. The molecular formula is C17H23NO5. The maximum atomic E-state index is 12.5. The minimum Gasteiger partial charge on any atom is -0.504 e. The van der Waals surface area contributed by atoms with E-state index in [-0.39, 0.29) is 29.7 Å². The van der Waals surface area contributed by atoms with E-state index in [1.165, 1.54) is 6.07 Å². The summed E-state index contributed by atoms with van der Waals surface area (Å²) in [6.07, 6.45) is 0.519.